The van der Waals surface area contributed by atoms with Crippen molar-refractivity contribution >= 4 is 5.97 Å². The molecule has 1 rings (SSSR count). The summed E-state index contributed by atoms with van der Waals surface area (Å²) in [7, 11) is 1.67. The molecule has 0 saturated carbocycles. The molecule has 20 heavy (non-hydrogen) atoms. The molecule has 3 nitrogen and oxygen atoms in total. The minimum Gasteiger partial charge on any atom is -0.496 e. The average molecular weight is 278 g/mol. The summed E-state index contributed by atoms with van der Waals surface area (Å²) in [5.41, 5.74) is 1.09. The summed E-state index contributed by atoms with van der Waals surface area (Å²) in [4.78, 5) is 12.2. The van der Waals surface area contributed by atoms with Gasteiger partial charge in [0.1, 0.15) is 5.75 Å². The lowest BCUT2D eigenvalue weighted by Gasteiger charge is -2.29. The molecule has 1 aromatic carbocycles. The summed E-state index contributed by atoms with van der Waals surface area (Å²) >= 11 is 0. The molecule has 0 aliphatic rings. The molecule has 0 amide bonds. The Kier molecular flexibility index (Phi) is 6.56. The van der Waals surface area contributed by atoms with E-state index in [2.05, 4.69) is 13.8 Å². The van der Waals surface area contributed by atoms with Crippen LogP contribution in [0.3, 0.4) is 0 Å². The number of ether oxygens (including phenoxy) is 2. The largest absolute Gasteiger partial charge is 0.496 e. The van der Waals surface area contributed by atoms with E-state index in [1.807, 2.05) is 38.1 Å². The highest BCUT2D eigenvalue weighted by molar-refractivity contribution is 5.74. The molecule has 0 spiro atoms. The van der Waals surface area contributed by atoms with Gasteiger partial charge in [-0.25, -0.2) is 0 Å². The lowest BCUT2D eigenvalue weighted by Crippen LogP contribution is -2.27. The third-order valence-corrected chi connectivity index (χ3v) is 3.68. The van der Waals surface area contributed by atoms with Crippen LogP contribution in [-0.2, 0) is 9.53 Å². The number of hydrogen-bond donors (Lipinski definition) is 0. The van der Waals surface area contributed by atoms with Crippen LogP contribution in [0.15, 0.2) is 24.3 Å². The van der Waals surface area contributed by atoms with E-state index in [4.69, 9.17) is 9.47 Å². The van der Waals surface area contributed by atoms with Crippen molar-refractivity contribution in [2.75, 3.05) is 13.7 Å². The molecule has 0 bridgehead atoms. The molecular formula is C17H26O3. The zero-order chi connectivity index (χ0) is 15.1. The van der Waals surface area contributed by atoms with Crippen molar-refractivity contribution < 1.29 is 14.3 Å². The predicted octanol–water partition coefficient (Wildman–Crippen LogP) is 4.02. The van der Waals surface area contributed by atoms with Crippen LogP contribution in [0.5, 0.6) is 5.75 Å². The van der Waals surface area contributed by atoms with E-state index >= 15 is 0 Å². The van der Waals surface area contributed by atoms with E-state index in [0.29, 0.717) is 12.5 Å². The van der Waals surface area contributed by atoms with Gasteiger partial charge in [0.15, 0.2) is 0 Å². The van der Waals surface area contributed by atoms with Crippen molar-refractivity contribution in [2.24, 2.45) is 11.8 Å². The zero-order valence-corrected chi connectivity index (χ0v) is 13.2. The fourth-order valence-corrected chi connectivity index (χ4v) is 2.80. The topological polar surface area (TPSA) is 35.5 Å². The number of carbonyl (C=O) groups is 1. The Morgan fingerprint density at radius 3 is 2.35 bits per heavy atom. The van der Waals surface area contributed by atoms with Crippen molar-refractivity contribution in [3.63, 3.8) is 0 Å². The van der Waals surface area contributed by atoms with Crippen molar-refractivity contribution in [1.82, 2.24) is 0 Å². The van der Waals surface area contributed by atoms with E-state index in [-0.39, 0.29) is 17.8 Å². The summed E-state index contributed by atoms with van der Waals surface area (Å²) < 4.78 is 10.7. The maximum absolute atomic E-state index is 12.2. The molecule has 0 saturated heterocycles. The van der Waals surface area contributed by atoms with Crippen LogP contribution in [0.2, 0.25) is 0 Å². The third-order valence-electron chi connectivity index (χ3n) is 3.68. The molecule has 0 fully saturated rings. The normalized spacial score (nSPS) is 13.9. The smallest absolute Gasteiger partial charge is 0.309 e. The summed E-state index contributed by atoms with van der Waals surface area (Å²) in [6.45, 7) is 8.58. The Morgan fingerprint density at radius 1 is 1.20 bits per heavy atom. The van der Waals surface area contributed by atoms with Gasteiger partial charge in [-0.3, -0.25) is 4.79 Å². The van der Waals surface area contributed by atoms with Crippen molar-refractivity contribution in [2.45, 2.75) is 40.0 Å². The third kappa shape index (κ3) is 3.75. The maximum Gasteiger partial charge on any atom is 0.309 e. The lowest BCUT2D eigenvalue weighted by molar-refractivity contribution is -0.149. The minimum absolute atomic E-state index is 0.107. The van der Waals surface area contributed by atoms with Crippen LogP contribution in [0.1, 0.15) is 45.6 Å². The lowest BCUT2D eigenvalue weighted by atomic mass is 9.76. The fraction of sp³-hybridized carbons (Fsp3) is 0.588. The van der Waals surface area contributed by atoms with Gasteiger partial charge in [0, 0.05) is 5.92 Å². The standard InChI is InChI=1S/C17H26O3/c1-6-13(17(18)20-7-2)16(12(3)4)14-10-8-9-11-15(14)19-5/h8-13,16H,6-7H2,1-5H3. The van der Waals surface area contributed by atoms with Gasteiger partial charge in [0.05, 0.1) is 19.6 Å². The molecule has 0 radical (unpaired) electrons. The number of methoxy groups -OCH3 is 1. The number of esters is 1. The van der Waals surface area contributed by atoms with Gasteiger partial charge in [0.25, 0.3) is 0 Å². The molecule has 0 heterocycles. The zero-order valence-electron chi connectivity index (χ0n) is 13.2. The summed E-state index contributed by atoms with van der Waals surface area (Å²) in [5.74, 6) is 1.04. The van der Waals surface area contributed by atoms with E-state index < -0.39 is 0 Å². The molecular weight excluding hydrogens is 252 g/mol. The van der Waals surface area contributed by atoms with E-state index in [1.165, 1.54) is 0 Å². The van der Waals surface area contributed by atoms with Gasteiger partial charge in [-0.05, 0) is 30.9 Å². The number of benzene rings is 1. The van der Waals surface area contributed by atoms with Crippen molar-refractivity contribution in [1.29, 1.82) is 0 Å². The van der Waals surface area contributed by atoms with Crippen LogP contribution < -0.4 is 4.74 Å². The summed E-state index contributed by atoms with van der Waals surface area (Å²) in [6.07, 6.45) is 0.764. The van der Waals surface area contributed by atoms with E-state index in [9.17, 15) is 4.79 Å². The van der Waals surface area contributed by atoms with Gasteiger partial charge in [0.2, 0.25) is 0 Å². The van der Waals surface area contributed by atoms with Crippen LogP contribution in [0.4, 0.5) is 0 Å². The second kappa shape index (κ2) is 7.93. The van der Waals surface area contributed by atoms with Gasteiger partial charge >= 0.3 is 5.97 Å². The number of hydrogen-bond acceptors (Lipinski definition) is 3. The second-order valence-electron chi connectivity index (χ2n) is 5.28. The molecule has 2 unspecified atom stereocenters. The Morgan fingerprint density at radius 2 is 1.85 bits per heavy atom. The number of rotatable bonds is 7. The van der Waals surface area contributed by atoms with E-state index in [0.717, 1.165) is 17.7 Å². The predicted molar refractivity (Wildman–Crippen MR) is 81.0 cm³/mol. The molecule has 0 aromatic heterocycles. The van der Waals surface area contributed by atoms with E-state index in [1.54, 1.807) is 7.11 Å². The molecule has 2 atom stereocenters. The highest BCUT2D eigenvalue weighted by atomic mass is 16.5. The Balaban J connectivity index is 3.18. The van der Waals surface area contributed by atoms with Crippen molar-refractivity contribution in [3.05, 3.63) is 29.8 Å². The number of para-hydroxylation sites is 1. The SMILES string of the molecule is CCOC(=O)C(CC)C(c1ccccc1OC)C(C)C. The van der Waals surface area contributed by atoms with Gasteiger partial charge < -0.3 is 9.47 Å². The molecule has 0 aliphatic carbocycles. The van der Waals surface area contributed by atoms with Crippen LogP contribution >= 0.6 is 0 Å². The maximum atomic E-state index is 12.2. The van der Waals surface area contributed by atoms with Crippen LogP contribution in [-0.4, -0.2) is 19.7 Å². The first-order chi connectivity index (χ1) is 9.56. The molecule has 3 heteroatoms. The fourth-order valence-electron chi connectivity index (χ4n) is 2.80. The van der Waals surface area contributed by atoms with Crippen LogP contribution in [0, 0.1) is 11.8 Å². The molecule has 1 aromatic rings. The first-order valence-corrected chi connectivity index (χ1v) is 7.36. The molecule has 0 N–H and O–H groups in total. The Bertz CT molecular complexity index is 426. The van der Waals surface area contributed by atoms with Crippen molar-refractivity contribution in [3.8, 4) is 5.75 Å². The monoisotopic (exact) mass is 278 g/mol. The van der Waals surface area contributed by atoms with Gasteiger partial charge in [-0.1, -0.05) is 39.0 Å². The molecule has 112 valence electrons. The van der Waals surface area contributed by atoms with Gasteiger partial charge in [-0.2, -0.15) is 0 Å². The summed E-state index contributed by atoms with van der Waals surface area (Å²) in [5, 5.41) is 0. The Hall–Kier alpha value is -1.51. The second-order valence-corrected chi connectivity index (χ2v) is 5.28. The summed E-state index contributed by atoms with van der Waals surface area (Å²) in [6, 6.07) is 7.93. The Labute approximate surface area is 122 Å². The average Bonchev–Trinajstić information content (AvgIpc) is 2.44. The first kappa shape index (κ1) is 16.5. The molecule has 0 aliphatic heterocycles. The van der Waals surface area contributed by atoms with Gasteiger partial charge in [-0.15, -0.1) is 0 Å². The quantitative estimate of drug-likeness (QED) is 0.707. The highest BCUT2D eigenvalue weighted by Gasteiger charge is 2.33. The van der Waals surface area contributed by atoms with Crippen LogP contribution in [0.25, 0.3) is 0 Å². The first-order valence-electron chi connectivity index (χ1n) is 7.36. The number of carbonyl (C=O) groups excluding carboxylic acids is 1. The minimum atomic E-state index is -0.133. The highest BCUT2D eigenvalue weighted by Crippen LogP contribution is 2.39.